The van der Waals surface area contributed by atoms with Crippen molar-refractivity contribution in [1.29, 1.82) is 0 Å². The molecule has 0 aliphatic rings. The molecule has 0 bridgehead atoms. The Hall–Kier alpha value is -2.60. The predicted molar refractivity (Wildman–Crippen MR) is 88.2 cm³/mol. The lowest BCUT2D eigenvalue weighted by molar-refractivity contribution is 0.237. The molecule has 0 aliphatic carbocycles. The molecule has 1 unspecified atom stereocenters. The lowest BCUT2D eigenvalue weighted by atomic mass is 10.2. The van der Waals surface area contributed by atoms with E-state index < -0.39 is 0 Å². The highest BCUT2D eigenvalue weighted by Crippen LogP contribution is 2.12. The number of urea groups is 1. The van der Waals surface area contributed by atoms with Gasteiger partial charge in [-0.25, -0.2) is 4.79 Å². The molecule has 2 N–H and O–H groups in total. The van der Waals surface area contributed by atoms with Crippen molar-refractivity contribution >= 4 is 23.3 Å². The van der Waals surface area contributed by atoms with Crippen molar-refractivity contribution in [3.8, 4) is 0 Å². The molecule has 0 saturated heterocycles. The molecule has 1 atom stereocenters. The normalized spacial score (nSPS) is 12.1. The number of amides is 2. The van der Waals surface area contributed by atoms with Gasteiger partial charge in [0.2, 0.25) is 0 Å². The molecule has 0 spiro atoms. The maximum absolute atomic E-state index is 12.0. The van der Waals surface area contributed by atoms with Crippen molar-refractivity contribution in [1.82, 2.24) is 25.2 Å². The summed E-state index contributed by atoms with van der Waals surface area (Å²) in [6.45, 7) is 2.29. The van der Waals surface area contributed by atoms with Gasteiger partial charge in [0.05, 0.1) is 6.04 Å². The van der Waals surface area contributed by atoms with Crippen molar-refractivity contribution in [2.24, 2.45) is 0 Å². The number of hydrogen-bond donors (Lipinski definition) is 2. The molecule has 2 heterocycles. The lowest BCUT2D eigenvalue weighted by Gasteiger charge is -2.13. The van der Waals surface area contributed by atoms with Gasteiger partial charge in [-0.15, -0.1) is 10.2 Å². The number of halogens is 1. The molecule has 2 amide bonds. The third-order valence-corrected chi connectivity index (χ3v) is 3.69. The highest BCUT2D eigenvalue weighted by atomic mass is 35.5. The summed E-state index contributed by atoms with van der Waals surface area (Å²) in [5, 5.41) is 14.5. The van der Waals surface area contributed by atoms with Crippen LogP contribution in [0.15, 0.2) is 48.7 Å². The van der Waals surface area contributed by atoms with Crippen LogP contribution < -0.4 is 10.6 Å². The highest BCUT2D eigenvalue weighted by Gasteiger charge is 2.15. The van der Waals surface area contributed by atoms with E-state index in [1.54, 1.807) is 12.1 Å². The molecule has 1 aromatic carbocycles. The van der Waals surface area contributed by atoms with Gasteiger partial charge in [-0.05, 0) is 36.8 Å². The molecule has 0 aliphatic heterocycles. The van der Waals surface area contributed by atoms with Gasteiger partial charge in [0.1, 0.15) is 0 Å². The van der Waals surface area contributed by atoms with Crippen LogP contribution in [0.2, 0.25) is 5.02 Å². The Kier molecular flexibility index (Phi) is 4.43. The van der Waals surface area contributed by atoms with Gasteiger partial charge in [-0.1, -0.05) is 29.8 Å². The number of carbonyl (C=O) groups excluding carboxylic acids is 1. The number of carbonyl (C=O) groups is 1. The second kappa shape index (κ2) is 6.66. The first kappa shape index (κ1) is 15.3. The van der Waals surface area contributed by atoms with Crippen molar-refractivity contribution in [2.45, 2.75) is 19.5 Å². The molecule has 2 aromatic heterocycles. The van der Waals surface area contributed by atoms with Crippen LogP contribution in [0.3, 0.4) is 0 Å². The van der Waals surface area contributed by atoms with Crippen molar-refractivity contribution in [2.75, 3.05) is 0 Å². The van der Waals surface area contributed by atoms with E-state index in [1.807, 2.05) is 47.9 Å². The number of aromatic nitrogens is 3. The third kappa shape index (κ3) is 3.60. The first-order chi connectivity index (χ1) is 11.1. The summed E-state index contributed by atoms with van der Waals surface area (Å²) in [6.07, 6.45) is 1.87. The lowest BCUT2D eigenvalue weighted by Crippen LogP contribution is -2.37. The summed E-state index contributed by atoms with van der Waals surface area (Å²) >= 11 is 5.83. The van der Waals surface area contributed by atoms with Gasteiger partial charge in [-0.3, -0.25) is 4.40 Å². The standard InChI is InChI=1S/C16H16ClN5O/c1-11(15-21-20-14-4-2-3-9-22(14)15)19-16(23)18-10-12-5-7-13(17)8-6-12/h2-9,11H,10H2,1H3,(H2,18,19,23). The minimum atomic E-state index is -0.266. The number of hydrogen-bond acceptors (Lipinski definition) is 3. The first-order valence-corrected chi connectivity index (χ1v) is 7.60. The second-order valence-electron chi connectivity index (χ2n) is 5.16. The zero-order valence-corrected chi connectivity index (χ0v) is 13.3. The van der Waals surface area contributed by atoms with Crippen LogP contribution in [-0.4, -0.2) is 20.6 Å². The van der Waals surface area contributed by atoms with Gasteiger partial charge >= 0.3 is 6.03 Å². The SMILES string of the molecule is CC(NC(=O)NCc1ccc(Cl)cc1)c1nnc2ccccn12. The molecule has 3 rings (SSSR count). The fraction of sp³-hybridized carbons (Fsp3) is 0.188. The summed E-state index contributed by atoms with van der Waals surface area (Å²) in [4.78, 5) is 12.0. The summed E-state index contributed by atoms with van der Waals surface area (Å²) in [7, 11) is 0. The Balaban J connectivity index is 1.60. The molecule has 6 nitrogen and oxygen atoms in total. The van der Waals surface area contributed by atoms with E-state index in [4.69, 9.17) is 11.6 Å². The molecule has 0 fully saturated rings. The van der Waals surface area contributed by atoms with E-state index in [9.17, 15) is 4.79 Å². The minimum Gasteiger partial charge on any atom is -0.334 e. The molecule has 7 heteroatoms. The summed E-state index contributed by atoms with van der Waals surface area (Å²) in [6, 6.07) is 12.5. The predicted octanol–water partition coefficient (Wildman–Crippen LogP) is 2.94. The summed E-state index contributed by atoms with van der Waals surface area (Å²) < 4.78 is 1.85. The van der Waals surface area contributed by atoms with Gasteiger partial charge in [-0.2, -0.15) is 0 Å². The first-order valence-electron chi connectivity index (χ1n) is 7.22. The number of pyridine rings is 1. The smallest absolute Gasteiger partial charge is 0.315 e. The van der Waals surface area contributed by atoms with E-state index in [0.29, 0.717) is 17.4 Å². The van der Waals surface area contributed by atoms with E-state index in [-0.39, 0.29) is 12.1 Å². The Morgan fingerprint density at radius 1 is 1.22 bits per heavy atom. The monoisotopic (exact) mass is 329 g/mol. The van der Waals surface area contributed by atoms with E-state index in [0.717, 1.165) is 11.2 Å². The Bertz CT molecular complexity index is 815. The van der Waals surface area contributed by atoms with E-state index in [1.165, 1.54) is 0 Å². The van der Waals surface area contributed by atoms with Gasteiger partial charge in [0.25, 0.3) is 0 Å². The van der Waals surface area contributed by atoms with Crippen LogP contribution in [0, 0.1) is 0 Å². The molecular weight excluding hydrogens is 314 g/mol. The zero-order valence-electron chi connectivity index (χ0n) is 12.5. The molecule has 0 radical (unpaired) electrons. The van der Waals surface area contributed by atoms with Crippen molar-refractivity contribution in [3.63, 3.8) is 0 Å². The molecule has 23 heavy (non-hydrogen) atoms. The Labute approximate surface area is 138 Å². The second-order valence-corrected chi connectivity index (χ2v) is 5.60. The zero-order chi connectivity index (χ0) is 16.2. The number of benzene rings is 1. The van der Waals surface area contributed by atoms with Crippen LogP contribution in [0.1, 0.15) is 24.4 Å². The van der Waals surface area contributed by atoms with Crippen molar-refractivity contribution < 1.29 is 4.79 Å². The quantitative estimate of drug-likeness (QED) is 0.773. The fourth-order valence-corrected chi connectivity index (χ4v) is 2.38. The molecule has 0 saturated carbocycles. The molecule has 3 aromatic rings. The van der Waals surface area contributed by atoms with Gasteiger partial charge in [0, 0.05) is 17.8 Å². The van der Waals surface area contributed by atoms with Gasteiger partial charge < -0.3 is 10.6 Å². The van der Waals surface area contributed by atoms with Gasteiger partial charge in [0.15, 0.2) is 11.5 Å². The topological polar surface area (TPSA) is 71.3 Å². The summed E-state index contributed by atoms with van der Waals surface area (Å²) in [5.74, 6) is 0.683. The number of fused-ring (bicyclic) bond motifs is 1. The van der Waals surface area contributed by atoms with Crippen LogP contribution in [0.5, 0.6) is 0 Å². The summed E-state index contributed by atoms with van der Waals surface area (Å²) in [5.41, 5.74) is 1.72. The minimum absolute atomic E-state index is 0.264. The Morgan fingerprint density at radius 2 is 2.00 bits per heavy atom. The maximum Gasteiger partial charge on any atom is 0.315 e. The number of rotatable bonds is 4. The Morgan fingerprint density at radius 3 is 2.78 bits per heavy atom. The van der Waals surface area contributed by atoms with Crippen LogP contribution in [-0.2, 0) is 6.54 Å². The van der Waals surface area contributed by atoms with Crippen molar-refractivity contribution in [3.05, 3.63) is 65.1 Å². The van der Waals surface area contributed by atoms with E-state index in [2.05, 4.69) is 20.8 Å². The molecular formula is C16H16ClN5O. The maximum atomic E-state index is 12.0. The molecule has 118 valence electrons. The largest absolute Gasteiger partial charge is 0.334 e. The van der Waals surface area contributed by atoms with Crippen LogP contribution in [0.4, 0.5) is 4.79 Å². The fourth-order valence-electron chi connectivity index (χ4n) is 2.25. The number of nitrogens with zero attached hydrogens (tertiary/aromatic N) is 3. The average Bonchev–Trinajstić information content (AvgIpc) is 2.98. The van der Waals surface area contributed by atoms with Crippen LogP contribution in [0.25, 0.3) is 5.65 Å². The average molecular weight is 330 g/mol. The highest BCUT2D eigenvalue weighted by molar-refractivity contribution is 6.30. The third-order valence-electron chi connectivity index (χ3n) is 3.44. The van der Waals surface area contributed by atoms with Crippen LogP contribution >= 0.6 is 11.6 Å². The number of nitrogens with one attached hydrogen (secondary N) is 2. The van der Waals surface area contributed by atoms with E-state index >= 15 is 0 Å².